The van der Waals surface area contributed by atoms with E-state index in [-0.39, 0.29) is 0 Å². The van der Waals surface area contributed by atoms with Crippen LogP contribution in [0, 0.1) is 0 Å². The molecule has 0 aliphatic carbocycles. The van der Waals surface area contributed by atoms with E-state index < -0.39 is 0 Å². The van der Waals surface area contributed by atoms with Gasteiger partial charge in [0.2, 0.25) is 0 Å². The maximum absolute atomic E-state index is 4.56. The molecule has 0 fully saturated rings. The molecule has 2 aromatic carbocycles. The van der Waals surface area contributed by atoms with Crippen molar-refractivity contribution in [1.82, 2.24) is 9.47 Å². The van der Waals surface area contributed by atoms with E-state index in [0.29, 0.717) is 0 Å². The van der Waals surface area contributed by atoms with Gasteiger partial charge in [0.05, 0.1) is 17.5 Å². The average molecular weight is 305 g/mol. The molecule has 23 heavy (non-hydrogen) atoms. The lowest BCUT2D eigenvalue weighted by molar-refractivity contribution is 0.642. The van der Waals surface area contributed by atoms with Gasteiger partial charge in [0.1, 0.15) is 5.69 Å². The fourth-order valence-corrected chi connectivity index (χ4v) is 2.38. The summed E-state index contributed by atoms with van der Waals surface area (Å²) in [5.74, 6) is 0.791. The van der Waals surface area contributed by atoms with Crippen molar-refractivity contribution < 1.29 is 0 Å². The molecule has 0 atom stereocenters. The van der Waals surface area contributed by atoms with Gasteiger partial charge in [-0.05, 0) is 18.2 Å². The highest BCUT2D eigenvalue weighted by molar-refractivity contribution is 5.98. The summed E-state index contributed by atoms with van der Waals surface area (Å²) in [6, 6.07) is 17.8. The fourth-order valence-electron chi connectivity index (χ4n) is 2.38. The molecule has 1 heterocycles. The number of benzene rings is 2. The summed E-state index contributed by atoms with van der Waals surface area (Å²) >= 11 is 0. The standard InChI is InChI=1S/C18H19N5/c1-22(2)13-19-18-17(21-20-14-9-5-4-6-10-14)15-11-7-8-12-16(15)23(18)3/h4-13H,1-3H3. The Kier molecular flexibility index (Phi) is 4.19. The number of aromatic nitrogens is 1. The molecule has 3 aromatic rings. The van der Waals surface area contributed by atoms with Crippen LogP contribution in [-0.4, -0.2) is 29.9 Å². The molecule has 0 aliphatic heterocycles. The molecule has 0 saturated heterocycles. The zero-order valence-electron chi connectivity index (χ0n) is 13.5. The van der Waals surface area contributed by atoms with Gasteiger partial charge in [0.15, 0.2) is 5.82 Å². The first-order valence-corrected chi connectivity index (χ1v) is 7.41. The maximum atomic E-state index is 4.56. The lowest BCUT2D eigenvalue weighted by atomic mass is 10.2. The first kappa shape index (κ1) is 15.0. The third-order valence-corrected chi connectivity index (χ3v) is 3.48. The Morgan fingerprint density at radius 2 is 1.61 bits per heavy atom. The van der Waals surface area contributed by atoms with E-state index in [1.807, 2.05) is 79.1 Å². The topological polar surface area (TPSA) is 45.2 Å². The van der Waals surface area contributed by atoms with Crippen molar-refractivity contribution in [3.05, 3.63) is 54.6 Å². The van der Waals surface area contributed by atoms with Gasteiger partial charge in [0.25, 0.3) is 0 Å². The van der Waals surface area contributed by atoms with E-state index in [1.165, 1.54) is 0 Å². The number of nitrogens with zero attached hydrogens (tertiary/aromatic N) is 5. The first-order valence-electron chi connectivity index (χ1n) is 7.41. The van der Waals surface area contributed by atoms with Crippen molar-refractivity contribution in [3.8, 4) is 0 Å². The molecule has 1 aromatic heterocycles. The number of aryl methyl sites for hydroxylation is 1. The normalized spacial score (nSPS) is 11.8. The second kappa shape index (κ2) is 6.44. The lowest BCUT2D eigenvalue weighted by Gasteiger charge is -2.03. The van der Waals surface area contributed by atoms with Crippen LogP contribution in [0.1, 0.15) is 0 Å². The molecule has 0 N–H and O–H groups in total. The highest BCUT2D eigenvalue weighted by Crippen LogP contribution is 2.39. The Hall–Kier alpha value is -2.95. The average Bonchev–Trinajstić information content (AvgIpc) is 2.84. The van der Waals surface area contributed by atoms with Gasteiger partial charge in [-0.1, -0.05) is 36.4 Å². The maximum Gasteiger partial charge on any atom is 0.163 e. The van der Waals surface area contributed by atoms with Crippen LogP contribution < -0.4 is 0 Å². The Labute approximate surface area is 135 Å². The number of rotatable bonds is 4. The van der Waals surface area contributed by atoms with Gasteiger partial charge in [0, 0.05) is 26.5 Å². The molecule has 0 bridgehead atoms. The zero-order chi connectivity index (χ0) is 16.2. The smallest absolute Gasteiger partial charge is 0.163 e. The summed E-state index contributed by atoms with van der Waals surface area (Å²) in [7, 11) is 5.88. The molecule has 3 rings (SSSR count). The predicted octanol–water partition coefficient (Wildman–Crippen LogP) is 4.82. The Bertz CT molecular complexity index is 860. The van der Waals surface area contributed by atoms with Gasteiger partial charge < -0.3 is 9.47 Å². The predicted molar refractivity (Wildman–Crippen MR) is 95.4 cm³/mol. The highest BCUT2D eigenvalue weighted by atomic mass is 15.2. The summed E-state index contributed by atoms with van der Waals surface area (Å²) in [6.07, 6.45) is 1.77. The van der Waals surface area contributed by atoms with E-state index >= 15 is 0 Å². The third kappa shape index (κ3) is 3.13. The third-order valence-electron chi connectivity index (χ3n) is 3.48. The summed E-state index contributed by atoms with van der Waals surface area (Å²) in [4.78, 5) is 6.46. The molecular weight excluding hydrogens is 286 g/mol. The number of fused-ring (bicyclic) bond motifs is 1. The van der Waals surface area contributed by atoms with Crippen molar-refractivity contribution in [3.63, 3.8) is 0 Å². The molecule has 116 valence electrons. The first-order chi connectivity index (χ1) is 11.2. The van der Waals surface area contributed by atoms with Crippen molar-refractivity contribution in [2.24, 2.45) is 22.3 Å². The number of azo groups is 1. The van der Waals surface area contributed by atoms with Gasteiger partial charge in [-0.25, -0.2) is 4.99 Å². The van der Waals surface area contributed by atoms with Crippen molar-refractivity contribution in [2.45, 2.75) is 0 Å². The van der Waals surface area contributed by atoms with Gasteiger partial charge in [-0.3, -0.25) is 0 Å². The fraction of sp³-hybridized carbons (Fsp3) is 0.167. The SMILES string of the molecule is CN(C)C=Nc1c(N=Nc2ccccc2)c2ccccc2n1C. The molecular formula is C18H19N5. The van der Waals surface area contributed by atoms with E-state index in [4.69, 9.17) is 0 Å². The van der Waals surface area contributed by atoms with Crippen LogP contribution in [-0.2, 0) is 7.05 Å². The van der Waals surface area contributed by atoms with E-state index in [9.17, 15) is 0 Å². The molecule has 0 amide bonds. The molecule has 5 heteroatoms. The molecule has 0 spiro atoms. The summed E-state index contributed by atoms with van der Waals surface area (Å²) in [5.41, 5.74) is 2.69. The number of aliphatic imine (C=N–C) groups is 1. The number of para-hydroxylation sites is 1. The Morgan fingerprint density at radius 3 is 2.35 bits per heavy atom. The summed E-state index contributed by atoms with van der Waals surface area (Å²) in [6.45, 7) is 0. The van der Waals surface area contributed by atoms with Crippen molar-refractivity contribution >= 4 is 34.4 Å². The Balaban J connectivity index is 2.13. The minimum absolute atomic E-state index is 0.782. The highest BCUT2D eigenvalue weighted by Gasteiger charge is 2.13. The van der Waals surface area contributed by atoms with E-state index in [1.54, 1.807) is 6.34 Å². The second-order valence-electron chi connectivity index (χ2n) is 5.49. The minimum atomic E-state index is 0.782. The van der Waals surface area contributed by atoms with Crippen LogP contribution in [0.2, 0.25) is 0 Å². The van der Waals surface area contributed by atoms with Crippen molar-refractivity contribution in [1.29, 1.82) is 0 Å². The van der Waals surface area contributed by atoms with Gasteiger partial charge in [-0.15, -0.1) is 5.11 Å². The second-order valence-corrected chi connectivity index (χ2v) is 5.49. The molecule has 0 radical (unpaired) electrons. The van der Waals surface area contributed by atoms with E-state index in [2.05, 4.69) is 21.3 Å². The van der Waals surface area contributed by atoms with Gasteiger partial charge in [-0.2, -0.15) is 5.11 Å². The molecule has 5 nitrogen and oxygen atoms in total. The number of hydrogen-bond acceptors (Lipinski definition) is 3. The summed E-state index contributed by atoms with van der Waals surface area (Å²) < 4.78 is 2.04. The van der Waals surface area contributed by atoms with Crippen LogP contribution in [0.5, 0.6) is 0 Å². The zero-order valence-corrected chi connectivity index (χ0v) is 13.5. The van der Waals surface area contributed by atoms with E-state index in [0.717, 1.165) is 28.1 Å². The lowest BCUT2D eigenvalue weighted by Crippen LogP contribution is -2.07. The van der Waals surface area contributed by atoms with Crippen molar-refractivity contribution in [2.75, 3.05) is 14.1 Å². The monoisotopic (exact) mass is 305 g/mol. The van der Waals surface area contributed by atoms with Gasteiger partial charge >= 0.3 is 0 Å². The summed E-state index contributed by atoms with van der Waals surface area (Å²) in [5, 5.41) is 9.87. The minimum Gasteiger partial charge on any atom is -0.369 e. The molecule has 0 unspecified atom stereocenters. The van der Waals surface area contributed by atoms with Crippen LogP contribution in [0.25, 0.3) is 10.9 Å². The Morgan fingerprint density at radius 1 is 0.913 bits per heavy atom. The van der Waals surface area contributed by atoms with Crippen LogP contribution >= 0.6 is 0 Å². The molecule has 0 saturated carbocycles. The quantitative estimate of drug-likeness (QED) is 0.387. The molecule has 0 aliphatic rings. The largest absolute Gasteiger partial charge is 0.369 e. The van der Waals surface area contributed by atoms with Crippen LogP contribution in [0.3, 0.4) is 0 Å². The van der Waals surface area contributed by atoms with Crippen LogP contribution in [0.15, 0.2) is 69.8 Å². The number of hydrogen-bond donors (Lipinski definition) is 0. The van der Waals surface area contributed by atoms with Crippen LogP contribution in [0.4, 0.5) is 17.2 Å².